The summed E-state index contributed by atoms with van der Waals surface area (Å²) in [6.07, 6.45) is -0.110. The van der Waals surface area contributed by atoms with Gasteiger partial charge in [0, 0.05) is 0 Å². The topological polar surface area (TPSA) is 94.1 Å². The van der Waals surface area contributed by atoms with E-state index in [1.54, 1.807) is 0 Å². The molecule has 0 amide bonds. The molecule has 6 heteroatoms. The maximum atomic E-state index is 13.7. The lowest BCUT2D eigenvalue weighted by Gasteiger charge is -2.05. The van der Waals surface area contributed by atoms with Gasteiger partial charge in [-0.1, -0.05) is 6.07 Å². The first kappa shape index (κ1) is 14.2. The first-order valence-electron chi connectivity index (χ1n) is 5.12. The maximum Gasteiger partial charge on any atom is 0.309 e. The number of hydrogen-bond donors (Lipinski definition) is 1. The second-order valence-electron chi connectivity index (χ2n) is 3.51. The van der Waals surface area contributed by atoms with Crippen molar-refractivity contribution in [2.24, 2.45) is 0 Å². The van der Waals surface area contributed by atoms with E-state index in [2.05, 4.69) is 4.74 Å². The second-order valence-corrected chi connectivity index (χ2v) is 3.51. The fourth-order valence-corrected chi connectivity index (χ4v) is 1.37. The number of esters is 1. The number of nitrogens with zero attached hydrogens (tertiary/aromatic N) is 2. The summed E-state index contributed by atoms with van der Waals surface area (Å²) in [5, 5.41) is 26.7. The second kappa shape index (κ2) is 6.18. The molecule has 0 aliphatic rings. The summed E-state index contributed by atoms with van der Waals surface area (Å²) >= 11 is 0. The van der Waals surface area contributed by atoms with E-state index >= 15 is 0 Å². The number of aliphatic hydroxyl groups is 1. The molecule has 0 unspecified atom stereocenters. The third kappa shape index (κ3) is 3.30. The van der Waals surface area contributed by atoms with Crippen molar-refractivity contribution in [2.75, 3.05) is 7.11 Å². The highest BCUT2D eigenvalue weighted by Crippen LogP contribution is 2.20. The van der Waals surface area contributed by atoms with Gasteiger partial charge in [0.2, 0.25) is 0 Å². The summed E-state index contributed by atoms with van der Waals surface area (Å²) in [6.45, 7) is 0. The lowest BCUT2D eigenvalue weighted by molar-refractivity contribution is -0.139. The molecule has 0 bridgehead atoms. The standard InChI is InChI=1S/C13H9FN2O3/c1-19-12(17)5-8-2-3-10(11(14)4-8)13(18)9(6-15)7-16/h2-4,18H,5H2,1H3. The van der Waals surface area contributed by atoms with Gasteiger partial charge in [0.05, 0.1) is 19.1 Å². The average molecular weight is 260 g/mol. The van der Waals surface area contributed by atoms with Crippen LogP contribution in [-0.4, -0.2) is 18.2 Å². The Kier molecular flexibility index (Phi) is 4.62. The number of allylic oxidation sites excluding steroid dienone is 1. The van der Waals surface area contributed by atoms with Crippen molar-refractivity contribution in [1.29, 1.82) is 10.5 Å². The van der Waals surface area contributed by atoms with E-state index < -0.39 is 23.1 Å². The molecule has 0 fully saturated rings. The van der Waals surface area contributed by atoms with Gasteiger partial charge in [-0.15, -0.1) is 0 Å². The molecular weight excluding hydrogens is 251 g/mol. The molecule has 0 spiro atoms. The van der Waals surface area contributed by atoms with Crippen molar-refractivity contribution < 1.29 is 19.0 Å². The van der Waals surface area contributed by atoms with Crippen molar-refractivity contribution in [2.45, 2.75) is 6.42 Å². The number of methoxy groups -OCH3 is 1. The smallest absolute Gasteiger partial charge is 0.309 e. The van der Waals surface area contributed by atoms with Gasteiger partial charge in [-0.2, -0.15) is 10.5 Å². The Labute approximate surface area is 108 Å². The number of benzene rings is 1. The van der Waals surface area contributed by atoms with E-state index in [9.17, 15) is 14.3 Å². The number of aliphatic hydroxyl groups excluding tert-OH is 1. The van der Waals surface area contributed by atoms with Gasteiger partial charge in [-0.3, -0.25) is 4.79 Å². The maximum absolute atomic E-state index is 13.7. The van der Waals surface area contributed by atoms with Crippen LogP contribution in [0.15, 0.2) is 23.8 Å². The Bertz CT molecular complexity index is 608. The molecule has 0 aliphatic heterocycles. The molecule has 0 saturated carbocycles. The zero-order valence-corrected chi connectivity index (χ0v) is 9.98. The van der Waals surface area contributed by atoms with E-state index in [0.29, 0.717) is 5.56 Å². The molecule has 1 aromatic carbocycles. The predicted octanol–water partition coefficient (Wildman–Crippen LogP) is 1.86. The van der Waals surface area contributed by atoms with E-state index in [0.717, 1.165) is 6.07 Å². The van der Waals surface area contributed by atoms with Crippen LogP contribution >= 0.6 is 0 Å². The fourth-order valence-electron chi connectivity index (χ4n) is 1.37. The fraction of sp³-hybridized carbons (Fsp3) is 0.154. The summed E-state index contributed by atoms with van der Waals surface area (Å²) < 4.78 is 18.2. The largest absolute Gasteiger partial charge is 0.505 e. The van der Waals surface area contributed by atoms with E-state index in [-0.39, 0.29) is 12.0 Å². The van der Waals surface area contributed by atoms with Crippen molar-refractivity contribution in [3.63, 3.8) is 0 Å². The molecule has 96 valence electrons. The lowest BCUT2D eigenvalue weighted by Crippen LogP contribution is -2.05. The van der Waals surface area contributed by atoms with E-state index in [1.807, 2.05) is 0 Å². The van der Waals surface area contributed by atoms with Crippen LogP contribution in [0.5, 0.6) is 0 Å². The molecule has 0 atom stereocenters. The van der Waals surface area contributed by atoms with Gasteiger partial charge in [0.15, 0.2) is 11.3 Å². The van der Waals surface area contributed by atoms with Gasteiger partial charge < -0.3 is 9.84 Å². The first-order valence-corrected chi connectivity index (χ1v) is 5.12. The number of carbonyl (C=O) groups is 1. The van der Waals surface area contributed by atoms with Crippen molar-refractivity contribution in [1.82, 2.24) is 0 Å². The van der Waals surface area contributed by atoms with Crippen LogP contribution in [0.3, 0.4) is 0 Å². The van der Waals surface area contributed by atoms with Crippen LogP contribution in [0.2, 0.25) is 0 Å². The Morgan fingerprint density at radius 3 is 2.53 bits per heavy atom. The lowest BCUT2D eigenvalue weighted by atomic mass is 10.0. The van der Waals surface area contributed by atoms with Crippen LogP contribution in [0.25, 0.3) is 5.76 Å². The SMILES string of the molecule is COC(=O)Cc1ccc(C(O)=C(C#N)C#N)c(F)c1. The number of hydrogen-bond acceptors (Lipinski definition) is 5. The number of ether oxygens (including phenoxy) is 1. The molecule has 19 heavy (non-hydrogen) atoms. The van der Waals surface area contributed by atoms with Crippen LogP contribution < -0.4 is 0 Å². The van der Waals surface area contributed by atoms with Crippen LogP contribution in [0.4, 0.5) is 4.39 Å². The molecule has 0 aliphatic carbocycles. The quantitative estimate of drug-likeness (QED) is 0.508. The minimum absolute atomic E-state index is 0.110. The number of rotatable bonds is 3. The molecule has 5 nitrogen and oxygen atoms in total. The minimum atomic E-state index is -0.832. The van der Waals surface area contributed by atoms with Crippen molar-refractivity contribution >= 4 is 11.7 Å². The Balaban J connectivity index is 3.16. The summed E-state index contributed by atoms with van der Waals surface area (Å²) in [6, 6.07) is 6.55. The Morgan fingerprint density at radius 1 is 1.42 bits per heavy atom. The van der Waals surface area contributed by atoms with E-state index in [1.165, 1.54) is 31.4 Å². The predicted molar refractivity (Wildman–Crippen MR) is 62.9 cm³/mol. The first-order chi connectivity index (χ1) is 9.03. The van der Waals surface area contributed by atoms with Crippen LogP contribution in [0.1, 0.15) is 11.1 Å². The van der Waals surface area contributed by atoms with Gasteiger partial charge >= 0.3 is 5.97 Å². The molecule has 1 aromatic rings. The number of halogens is 1. The molecular formula is C13H9FN2O3. The normalized spacial score (nSPS) is 9.05. The molecule has 1 N–H and O–H groups in total. The molecule has 0 heterocycles. The van der Waals surface area contributed by atoms with Crippen molar-refractivity contribution in [3.8, 4) is 12.1 Å². The highest BCUT2D eigenvalue weighted by Gasteiger charge is 2.14. The highest BCUT2D eigenvalue weighted by molar-refractivity contribution is 5.73. The zero-order chi connectivity index (χ0) is 14.4. The van der Waals surface area contributed by atoms with Crippen molar-refractivity contribution in [3.05, 3.63) is 40.7 Å². The molecule has 0 aromatic heterocycles. The molecule has 1 rings (SSSR count). The van der Waals surface area contributed by atoms with E-state index in [4.69, 9.17) is 10.5 Å². The minimum Gasteiger partial charge on any atom is -0.505 e. The van der Waals surface area contributed by atoms with Gasteiger partial charge in [0.1, 0.15) is 18.0 Å². The Morgan fingerprint density at radius 2 is 2.05 bits per heavy atom. The summed E-state index contributed by atoms with van der Waals surface area (Å²) in [7, 11) is 1.22. The highest BCUT2D eigenvalue weighted by atomic mass is 19.1. The van der Waals surface area contributed by atoms with Gasteiger partial charge in [0.25, 0.3) is 0 Å². The zero-order valence-electron chi connectivity index (χ0n) is 9.98. The monoisotopic (exact) mass is 260 g/mol. The average Bonchev–Trinajstić information content (AvgIpc) is 2.40. The van der Waals surface area contributed by atoms with Gasteiger partial charge in [-0.05, 0) is 17.7 Å². The third-order valence-corrected chi connectivity index (χ3v) is 2.33. The van der Waals surface area contributed by atoms with Crippen LogP contribution in [-0.2, 0) is 16.0 Å². The van der Waals surface area contributed by atoms with Crippen LogP contribution in [0, 0.1) is 28.5 Å². The summed E-state index contributed by atoms with van der Waals surface area (Å²) in [5.41, 5.74) is -0.498. The Hall–Kier alpha value is -2.86. The summed E-state index contributed by atoms with van der Waals surface area (Å²) in [4.78, 5) is 11.0. The number of nitriles is 2. The van der Waals surface area contributed by atoms with Gasteiger partial charge in [-0.25, -0.2) is 4.39 Å². The molecule has 0 radical (unpaired) electrons. The molecule has 0 saturated heterocycles. The number of carbonyl (C=O) groups excluding carboxylic acids is 1. The summed E-state index contributed by atoms with van der Waals surface area (Å²) in [5.74, 6) is -2.09. The third-order valence-electron chi connectivity index (χ3n) is 2.33.